The van der Waals surface area contributed by atoms with Gasteiger partial charge in [0.25, 0.3) is 0 Å². The number of rotatable bonds is 5. The summed E-state index contributed by atoms with van der Waals surface area (Å²) in [6.45, 7) is 2.16. The molecule has 1 saturated heterocycles. The molecule has 0 unspecified atom stereocenters. The predicted octanol–water partition coefficient (Wildman–Crippen LogP) is 2.92. The minimum atomic E-state index is -3.06. The quantitative estimate of drug-likeness (QED) is 0.356. The lowest BCUT2D eigenvalue weighted by atomic mass is 10.2. The summed E-state index contributed by atoms with van der Waals surface area (Å²) in [5.41, 5.74) is 0.852. The van der Waals surface area contributed by atoms with E-state index in [0.29, 0.717) is 21.4 Å². The van der Waals surface area contributed by atoms with Crippen molar-refractivity contribution < 1.29 is 18.1 Å². The number of aromatic nitrogens is 2. The largest absolute Gasteiger partial charge is 0.481 e. The minimum absolute atomic E-state index is 0.0201. The molecule has 0 bridgehead atoms. The normalized spacial score (nSPS) is 16.0. The summed E-state index contributed by atoms with van der Waals surface area (Å²) in [6.07, 6.45) is 1.29. The molecule has 1 aliphatic rings. The maximum atomic E-state index is 11.7. The van der Waals surface area contributed by atoms with Crippen LogP contribution in [0.2, 0.25) is 5.15 Å². The van der Waals surface area contributed by atoms with E-state index in [1.54, 1.807) is 17.9 Å². The third-order valence-corrected chi connectivity index (χ3v) is 6.68. The van der Waals surface area contributed by atoms with Crippen LogP contribution in [0.3, 0.4) is 0 Å². The fourth-order valence-corrected chi connectivity index (χ4v) is 4.83. The first-order valence-electron chi connectivity index (χ1n) is 8.20. The molecule has 0 N–H and O–H groups in total. The van der Waals surface area contributed by atoms with Crippen LogP contribution in [-0.4, -0.2) is 47.9 Å². The smallest absolute Gasteiger partial charge is 0.312 e. The van der Waals surface area contributed by atoms with Crippen LogP contribution in [0, 0.1) is 17.0 Å². The molecule has 1 aromatic carbocycles. The van der Waals surface area contributed by atoms with Gasteiger partial charge in [-0.05, 0) is 18.6 Å². The Bertz CT molecular complexity index is 1020. The summed E-state index contributed by atoms with van der Waals surface area (Å²) >= 11 is 9.46. The standard InChI is InChI=1S/C16H16BrClN4O5S/c1-10-6-11(17)7-13(22(23)24)14(10)27-8-12-15(18)19-9-20-16(12)21-2-4-28(25,26)5-3-21/h6-7,9H,2-5,8H2,1H3. The van der Waals surface area contributed by atoms with Gasteiger partial charge in [-0.25, -0.2) is 18.4 Å². The first-order valence-corrected chi connectivity index (χ1v) is 11.2. The summed E-state index contributed by atoms with van der Waals surface area (Å²) in [5, 5.41) is 11.5. The van der Waals surface area contributed by atoms with E-state index >= 15 is 0 Å². The number of hydrogen-bond donors (Lipinski definition) is 0. The number of ether oxygens (including phenoxy) is 1. The highest BCUT2D eigenvalue weighted by Gasteiger charge is 2.26. The Labute approximate surface area is 174 Å². The van der Waals surface area contributed by atoms with E-state index in [0.717, 1.165) is 0 Å². The maximum Gasteiger partial charge on any atom is 0.312 e. The SMILES string of the molecule is Cc1cc(Br)cc([N+](=O)[O-])c1OCc1c(Cl)ncnc1N1CCS(=O)(=O)CC1. The number of anilines is 1. The third kappa shape index (κ3) is 4.53. The number of hydrogen-bond acceptors (Lipinski definition) is 8. The van der Waals surface area contributed by atoms with Gasteiger partial charge in [0.15, 0.2) is 15.6 Å². The fourth-order valence-electron chi connectivity index (χ4n) is 2.88. The molecule has 0 radical (unpaired) electrons. The van der Waals surface area contributed by atoms with Gasteiger partial charge in [0.2, 0.25) is 0 Å². The first-order chi connectivity index (χ1) is 13.2. The molecule has 2 heterocycles. The molecule has 150 valence electrons. The Balaban J connectivity index is 1.89. The van der Waals surface area contributed by atoms with Crippen LogP contribution in [0.5, 0.6) is 5.75 Å². The van der Waals surface area contributed by atoms with E-state index in [1.807, 2.05) is 0 Å². The number of nitrogens with zero attached hydrogens (tertiary/aromatic N) is 4. The van der Waals surface area contributed by atoms with Crippen LogP contribution < -0.4 is 9.64 Å². The highest BCUT2D eigenvalue weighted by molar-refractivity contribution is 9.10. The number of sulfone groups is 1. The van der Waals surface area contributed by atoms with E-state index < -0.39 is 14.8 Å². The van der Waals surface area contributed by atoms with Crippen molar-refractivity contribution in [1.29, 1.82) is 0 Å². The summed E-state index contributed by atoms with van der Waals surface area (Å²) in [4.78, 5) is 20.8. The van der Waals surface area contributed by atoms with Crippen molar-refractivity contribution in [3.63, 3.8) is 0 Å². The van der Waals surface area contributed by atoms with Crippen LogP contribution in [0.1, 0.15) is 11.1 Å². The zero-order valence-electron chi connectivity index (χ0n) is 14.8. The molecule has 0 aliphatic carbocycles. The van der Waals surface area contributed by atoms with Gasteiger partial charge < -0.3 is 9.64 Å². The van der Waals surface area contributed by atoms with E-state index in [9.17, 15) is 18.5 Å². The van der Waals surface area contributed by atoms with Crippen molar-refractivity contribution in [3.8, 4) is 5.75 Å². The zero-order chi connectivity index (χ0) is 20.5. The average Bonchev–Trinajstić information content (AvgIpc) is 2.61. The summed E-state index contributed by atoms with van der Waals surface area (Å²) < 4.78 is 29.7. The van der Waals surface area contributed by atoms with Gasteiger partial charge in [-0.3, -0.25) is 10.1 Å². The minimum Gasteiger partial charge on any atom is -0.481 e. The van der Waals surface area contributed by atoms with Gasteiger partial charge in [-0.2, -0.15) is 0 Å². The van der Waals surface area contributed by atoms with Crippen LogP contribution in [0.4, 0.5) is 11.5 Å². The molecular formula is C16H16BrClN4O5S. The molecule has 12 heteroatoms. The van der Waals surface area contributed by atoms with E-state index in [-0.39, 0.29) is 47.8 Å². The van der Waals surface area contributed by atoms with Crippen molar-refractivity contribution in [2.45, 2.75) is 13.5 Å². The van der Waals surface area contributed by atoms with Gasteiger partial charge >= 0.3 is 5.69 Å². The maximum absolute atomic E-state index is 11.7. The van der Waals surface area contributed by atoms with Crippen molar-refractivity contribution in [2.75, 3.05) is 29.5 Å². The van der Waals surface area contributed by atoms with Crippen molar-refractivity contribution in [1.82, 2.24) is 9.97 Å². The molecule has 9 nitrogen and oxygen atoms in total. The number of nitro groups is 1. The lowest BCUT2D eigenvalue weighted by molar-refractivity contribution is -0.386. The van der Waals surface area contributed by atoms with Gasteiger partial charge in [0, 0.05) is 23.6 Å². The highest BCUT2D eigenvalue weighted by atomic mass is 79.9. The molecule has 3 rings (SSSR count). The average molecular weight is 492 g/mol. The lowest BCUT2D eigenvalue weighted by Gasteiger charge is -2.29. The number of aryl methyl sites for hydroxylation is 1. The molecule has 2 aromatic rings. The van der Waals surface area contributed by atoms with E-state index in [2.05, 4.69) is 25.9 Å². The Morgan fingerprint density at radius 2 is 2.00 bits per heavy atom. The molecule has 0 amide bonds. The van der Waals surface area contributed by atoms with Crippen molar-refractivity contribution in [3.05, 3.63) is 49.3 Å². The molecular weight excluding hydrogens is 476 g/mol. The second-order valence-corrected chi connectivity index (χ2v) is 9.80. The van der Waals surface area contributed by atoms with Crippen LogP contribution in [0.15, 0.2) is 22.9 Å². The van der Waals surface area contributed by atoms with Crippen LogP contribution in [-0.2, 0) is 16.4 Å². The topological polar surface area (TPSA) is 116 Å². The van der Waals surface area contributed by atoms with E-state index in [1.165, 1.54) is 12.4 Å². The predicted molar refractivity (Wildman–Crippen MR) is 108 cm³/mol. The van der Waals surface area contributed by atoms with Crippen molar-refractivity contribution >= 4 is 48.9 Å². The van der Waals surface area contributed by atoms with Gasteiger partial charge in [0.1, 0.15) is 23.9 Å². The Hall–Kier alpha value is -1.98. The van der Waals surface area contributed by atoms with Crippen molar-refractivity contribution in [2.24, 2.45) is 0 Å². The van der Waals surface area contributed by atoms with Crippen LogP contribution in [0.25, 0.3) is 0 Å². The fraction of sp³-hybridized carbons (Fsp3) is 0.375. The number of benzene rings is 1. The summed E-state index contributed by atoms with van der Waals surface area (Å²) in [5.74, 6) is 0.630. The second-order valence-electron chi connectivity index (χ2n) is 6.22. The molecule has 0 atom stereocenters. The van der Waals surface area contributed by atoms with Crippen LogP contribution >= 0.6 is 27.5 Å². The molecule has 0 spiro atoms. The molecule has 1 aromatic heterocycles. The summed E-state index contributed by atoms with van der Waals surface area (Å²) in [6, 6.07) is 3.07. The Morgan fingerprint density at radius 3 is 2.64 bits per heavy atom. The molecule has 28 heavy (non-hydrogen) atoms. The Kier molecular flexibility index (Phi) is 6.06. The third-order valence-electron chi connectivity index (χ3n) is 4.29. The number of halogens is 2. The second kappa shape index (κ2) is 8.18. The number of nitro benzene ring substituents is 1. The monoisotopic (exact) mass is 490 g/mol. The van der Waals surface area contributed by atoms with Gasteiger partial charge in [-0.15, -0.1) is 0 Å². The Morgan fingerprint density at radius 1 is 1.32 bits per heavy atom. The van der Waals surface area contributed by atoms with Gasteiger partial charge in [-0.1, -0.05) is 27.5 Å². The molecule has 0 saturated carbocycles. The summed E-state index contributed by atoms with van der Waals surface area (Å²) in [7, 11) is -3.06. The molecule has 1 aliphatic heterocycles. The van der Waals surface area contributed by atoms with Gasteiger partial charge in [0.05, 0.1) is 22.0 Å². The zero-order valence-corrected chi connectivity index (χ0v) is 17.9. The van der Waals surface area contributed by atoms with E-state index in [4.69, 9.17) is 16.3 Å². The lowest BCUT2D eigenvalue weighted by Crippen LogP contribution is -2.41. The first kappa shape index (κ1) is 20.7. The molecule has 1 fully saturated rings. The highest BCUT2D eigenvalue weighted by Crippen LogP contribution is 2.35.